The largest absolute Gasteiger partial charge is 0.388 e. The zero-order chi connectivity index (χ0) is 12.5. The summed E-state index contributed by atoms with van der Waals surface area (Å²) >= 11 is 0. The Morgan fingerprint density at radius 2 is 1.59 bits per heavy atom. The van der Waals surface area contributed by atoms with E-state index in [0.29, 0.717) is 0 Å². The topological polar surface area (TPSA) is 23.5 Å². The highest BCUT2D eigenvalue weighted by molar-refractivity contribution is 5.17. The molecule has 0 saturated carbocycles. The fraction of sp³-hybridized carbons (Fsp3) is 0.600. The molecular formula is C15H25NO. The third-order valence-corrected chi connectivity index (χ3v) is 2.98. The molecule has 1 rings (SSSR count). The molecule has 0 aromatic heterocycles. The summed E-state index contributed by atoms with van der Waals surface area (Å²) < 4.78 is 0. The number of aliphatic hydroxyl groups is 1. The number of nitrogens with zero attached hydrogens (tertiary/aromatic N) is 1. The average molecular weight is 235 g/mol. The van der Waals surface area contributed by atoms with Crippen LogP contribution in [0.1, 0.15) is 44.8 Å². The van der Waals surface area contributed by atoms with E-state index in [0.717, 1.165) is 31.6 Å². The lowest BCUT2D eigenvalue weighted by molar-refractivity contribution is 0.141. The number of aliphatic hydroxyl groups excluding tert-OH is 1. The molecular weight excluding hydrogens is 210 g/mol. The third kappa shape index (κ3) is 5.33. The molecule has 1 atom stereocenters. The van der Waals surface area contributed by atoms with E-state index in [9.17, 15) is 5.11 Å². The molecule has 0 saturated heterocycles. The highest BCUT2D eigenvalue weighted by atomic mass is 16.3. The quantitative estimate of drug-likeness (QED) is 0.748. The van der Waals surface area contributed by atoms with E-state index in [1.807, 2.05) is 30.3 Å². The van der Waals surface area contributed by atoms with Crippen LogP contribution in [-0.4, -0.2) is 29.6 Å². The zero-order valence-corrected chi connectivity index (χ0v) is 11.1. The summed E-state index contributed by atoms with van der Waals surface area (Å²) in [4.78, 5) is 2.44. The van der Waals surface area contributed by atoms with Crippen LogP contribution in [0.2, 0.25) is 0 Å². The lowest BCUT2D eigenvalue weighted by atomic mass is 10.1. The Kier molecular flexibility index (Phi) is 6.90. The SMILES string of the molecule is CCCN(CCC)CC[C@@H](O)c1ccccc1. The monoisotopic (exact) mass is 235 g/mol. The minimum Gasteiger partial charge on any atom is -0.388 e. The first kappa shape index (κ1) is 14.2. The normalized spacial score (nSPS) is 12.9. The van der Waals surface area contributed by atoms with Gasteiger partial charge in [0.15, 0.2) is 0 Å². The molecule has 0 aliphatic carbocycles. The molecule has 2 heteroatoms. The Bertz CT molecular complexity index is 280. The highest BCUT2D eigenvalue weighted by Gasteiger charge is 2.09. The third-order valence-electron chi connectivity index (χ3n) is 2.98. The second kappa shape index (κ2) is 8.26. The number of rotatable bonds is 8. The first-order valence-corrected chi connectivity index (χ1v) is 6.73. The second-order valence-corrected chi connectivity index (χ2v) is 4.56. The van der Waals surface area contributed by atoms with Crippen molar-refractivity contribution in [1.82, 2.24) is 4.90 Å². The van der Waals surface area contributed by atoms with Crippen molar-refractivity contribution in [1.29, 1.82) is 0 Å². The minimum atomic E-state index is -0.326. The van der Waals surface area contributed by atoms with E-state index in [1.54, 1.807) is 0 Å². The molecule has 17 heavy (non-hydrogen) atoms. The van der Waals surface area contributed by atoms with Gasteiger partial charge in [0.2, 0.25) is 0 Å². The van der Waals surface area contributed by atoms with Gasteiger partial charge < -0.3 is 10.0 Å². The Hall–Kier alpha value is -0.860. The van der Waals surface area contributed by atoms with Crippen LogP contribution in [0.15, 0.2) is 30.3 Å². The maximum Gasteiger partial charge on any atom is 0.0802 e. The summed E-state index contributed by atoms with van der Waals surface area (Å²) in [7, 11) is 0. The molecule has 0 fully saturated rings. The van der Waals surface area contributed by atoms with Crippen molar-refractivity contribution >= 4 is 0 Å². The Balaban J connectivity index is 2.38. The molecule has 0 unspecified atom stereocenters. The van der Waals surface area contributed by atoms with Gasteiger partial charge in [-0.15, -0.1) is 0 Å². The molecule has 1 aromatic carbocycles. The lowest BCUT2D eigenvalue weighted by Crippen LogP contribution is -2.27. The lowest BCUT2D eigenvalue weighted by Gasteiger charge is -2.22. The van der Waals surface area contributed by atoms with Crippen LogP contribution in [0.5, 0.6) is 0 Å². The molecule has 0 heterocycles. The highest BCUT2D eigenvalue weighted by Crippen LogP contribution is 2.16. The van der Waals surface area contributed by atoms with E-state index in [1.165, 1.54) is 12.8 Å². The molecule has 96 valence electrons. The molecule has 0 aliphatic heterocycles. The number of hydrogen-bond donors (Lipinski definition) is 1. The number of benzene rings is 1. The average Bonchev–Trinajstić information content (AvgIpc) is 2.37. The molecule has 1 N–H and O–H groups in total. The van der Waals surface area contributed by atoms with Crippen molar-refractivity contribution in [3.05, 3.63) is 35.9 Å². The Morgan fingerprint density at radius 3 is 2.12 bits per heavy atom. The zero-order valence-electron chi connectivity index (χ0n) is 11.1. The molecule has 0 amide bonds. The van der Waals surface area contributed by atoms with E-state index < -0.39 is 0 Å². The summed E-state index contributed by atoms with van der Waals surface area (Å²) in [5.41, 5.74) is 1.03. The van der Waals surface area contributed by atoms with Gasteiger partial charge in [-0.2, -0.15) is 0 Å². The number of hydrogen-bond acceptors (Lipinski definition) is 2. The molecule has 2 nitrogen and oxygen atoms in total. The van der Waals surface area contributed by atoms with Crippen LogP contribution in [0.25, 0.3) is 0 Å². The van der Waals surface area contributed by atoms with Gasteiger partial charge in [-0.1, -0.05) is 44.2 Å². The fourth-order valence-corrected chi connectivity index (χ4v) is 2.11. The smallest absolute Gasteiger partial charge is 0.0802 e. The van der Waals surface area contributed by atoms with Crippen LogP contribution in [-0.2, 0) is 0 Å². The van der Waals surface area contributed by atoms with Gasteiger partial charge in [-0.3, -0.25) is 0 Å². The summed E-state index contributed by atoms with van der Waals surface area (Å²) in [5.74, 6) is 0. The standard InChI is InChI=1S/C15H25NO/c1-3-11-16(12-4-2)13-10-15(17)14-8-6-5-7-9-14/h5-9,15,17H,3-4,10-13H2,1-2H3/t15-/m1/s1. The first-order chi connectivity index (χ1) is 8.27. The molecule has 1 aromatic rings. The van der Waals surface area contributed by atoms with E-state index in [-0.39, 0.29) is 6.10 Å². The van der Waals surface area contributed by atoms with Crippen molar-refractivity contribution in [3.63, 3.8) is 0 Å². The fourth-order valence-electron chi connectivity index (χ4n) is 2.11. The molecule has 0 radical (unpaired) electrons. The summed E-state index contributed by atoms with van der Waals surface area (Å²) in [6.07, 6.45) is 2.86. The van der Waals surface area contributed by atoms with Gasteiger partial charge in [0, 0.05) is 6.54 Å². The predicted octanol–water partition coefficient (Wildman–Crippen LogP) is 3.23. The van der Waals surface area contributed by atoms with Crippen molar-refractivity contribution in [2.45, 2.75) is 39.2 Å². The molecule has 0 spiro atoms. The van der Waals surface area contributed by atoms with E-state index in [4.69, 9.17) is 0 Å². The van der Waals surface area contributed by atoms with Crippen molar-refractivity contribution in [2.75, 3.05) is 19.6 Å². The van der Waals surface area contributed by atoms with Gasteiger partial charge in [0.25, 0.3) is 0 Å². The summed E-state index contributed by atoms with van der Waals surface area (Å²) in [5, 5.41) is 10.1. The maximum absolute atomic E-state index is 10.1. The Labute approximate surface area is 105 Å². The van der Waals surface area contributed by atoms with Gasteiger partial charge >= 0.3 is 0 Å². The van der Waals surface area contributed by atoms with E-state index in [2.05, 4.69) is 18.7 Å². The molecule has 0 bridgehead atoms. The summed E-state index contributed by atoms with van der Waals surface area (Å²) in [6, 6.07) is 9.93. The van der Waals surface area contributed by atoms with Gasteiger partial charge in [-0.25, -0.2) is 0 Å². The predicted molar refractivity (Wildman–Crippen MR) is 73.0 cm³/mol. The van der Waals surface area contributed by atoms with Crippen molar-refractivity contribution in [2.24, 2.45) is 0 Å². The van der Waals surface area contributed by atoms with Crippen LogP contribution < -0.4 is 0 Å². The first-order valence-electron chi connectivity index (χ1n) is 6.73. The van der Waals surface area contributed by atoms with Gasteiger partial charge in [0.05, 0.1) is 6.10 Å². The van der Waals surface area contributed by atoms with Crippen LogP contribution >= 0.6 is 0 Å². The molecule has 0 aliphatic rings. The maximum atomic E-state index is 10.1. The Morgan fingerprint density at radius 1 is 1.00 bits per heavy atom. The minimum absolute atomic E-state index is 0.326. The van der Waals surface area contributed by atoms with Gasteiger partial charge in [-0.05, 0) is 37.9 Å². The van der Waals surface area contributed by atoms with Crippen molar-refractivity contribution < 1.29 is 5.11 Å². The second-order valence-electron chi connectivity index (χ2n) is 4.56. The van der Waals surface area contributed by atoms with Crippen molar-refractivity contribution in [3.8, 4) is 0 Å². The van der Waals surface area contributed by atoms with Gasteiger partial charge in [0.1, 0.15) is 0 Å². The summed E-state index contributed by atoms with van der Waals surface area (Å²) in [6.45, 7) is 7.66. The van der Waals surface area contributed by atoms with Crippen LogP contribution in [0, 0.1) is 0 Å². The van der Waals surface area contributed by atoms with E-state index >= 15 is 0 Å². The van der Waals surface area contributed by atoms with Crippen LogP contribution in [0.4, 0.5) is 0 Å². The van der Waals surface area contributed by atoms with Crippen LogP contribution in [0.3, 0.4) is 0 Å².